The molecule has 148 heavy (non-hydrogen) atoms. The fourth-order valence-electron chi connectivity index (χ4n) is 22.8. The minimum Gasteiger partial charge on any atom is -0.208 e. The summed E-state index contributed by atoms with van der Waals surface area (Å²) in [6.45, 7) is 9.35. The van der Waals surface area contributed by atoms with Crippen molar-refractivity contribution in [2.24, 2.45) is 0 Å². The Bertz CT molecular complexity index is 9240. The standard InChI is InChI=1S/C50H33N3.2C44H31N3.CH4/c1-5-17-34(18-6-1)47-51-48(35-19-7-2-8-20-35)53-49(52-47)38-23-15-21-36(31-38)41-29-16-22-37-32-44-42-28-13-14-30-45(42)50(46(44)33-43(37)41,39-24-9-3-10-25-39)40-26-11-4-12-27-40;1-44(2)39-23-12-11-21-35(39)38-27-37-30(26-40(38)44)18-13-22-33(37)34-24-25-36(32-20-10-9-19-31(32)34)43-46-41(28-14-5-3-6-15-28)45-42(47-43)29-16-7-4-8-17-29;1-44(2)39-20-12-11-19-36(39)37-25-33-23-30(21-22-31(33)27-40(37)44)34-24-32-17-9-10-18-35(32)38(26-34)43-46-41(28-13-5-3-6-14-28)45-42(47-43)29-15-7-4-8-16-29;/h1-33H;2*3-27H,1-2H3;1H4. The van der Waals surface area contributed by atoms with Crippen LogP contribution in [0.4, 0.5) is 0 Å². The average molecular weight is 1900 g/mol. The van der Waals surface area contributed by atoms with Crippen LogP contribution in [0.2, 0.25) is 0 Å². The number of aromatic nitrogens is 9. The van der Waals surface area contributed by atoms with E-state index in [1.54, 1.807) is 0 Å². The first-order valence-electron chi connectivity index (χ1n) is 50.3. The second-order valence-electron chi connectivity index (χ2n) is 39.3. The molecule has 0 atom stereocenters. The van der Waals surface area contributed by atoms with E-state index < -0.39 is 5.41 Å². The summed E-state index contributed by atoms with van der Waals surface area (Å²) in [7, 11) is 0. The molecule has 0 aliphatic heterocycles. The Kier molecular flexibility index (Phi) is 22.9. The molecular weight excluding hydrogens is 1800 g/mol. The van der Waals surface area contributed by atoms with Crippen LogP contribution in [-0.2, 0) is 16.2 Å². The summed E-state index contributed by atoms with van der Waals surface area (Å²) in [6.07, 6.45) is 0. The summed E-state index contributed by atoms with van der Waals surface area (Å²) < 4.78 is 0. The van der Waals surface area contributed by atoms with E-state index >= 15 is 0 Å². The molecule has 0 saturated carbocycles. The first-order chi connectivity index (χ1) is 72.4. The van der Waals surface area contributed by atoms with E-state index in [1.807, 2.05) is 182 Å². The predicted molar refractivity (Wildman–Crippen MR) is 611 cm³/mol. The SMILES string of the molecule is C.CC1(C)c2ccccc2-c2cc3c(-c4ccc(-c5nc(-c6ccccc6)nc(-c6ccccc6)n5)c5ccccc45)cccc3cc21.CC1(C)c2ccccc2-c2cc3cc(-c4cc(-c5nc(-c6ccccc6)nc(-c6ccccc6)n5)c5ccccc5c4)ccc3cc21.c1ccc(-c2nc(-c3ccccc3)nc(-c3cccc(-c4cccc5cc6c(cc45)C(c4ccccc4)(c4ccccc4)c4ccccc4-6)c3)n2)cc1. The highest BCUT2D eigenvalue weighted by Crippen LogP contribution is 2.59. The molecule has 0 N–H and O–H groups in total. The van der Waals surface area contributed by atoms with Crippen molar-refractivity contribution in [1.29, 1.82) is 0 Å². The molecule has 0 saturated heterocycles. The lowest BCUT2D eigenvalue weighted by Crippen LogP contribution is -2.28. The summed E-state index contributed by atoms with van der Waals surface area (Å²) in [6, 6.07) is 179. The van der Waals surface area contributed by atoms with Gasteiger partial charge in [-0.1, -0.05) is 472 Å². The molecule has 3 aliphatic carbocycles. The predicted octanol–water partition coefficient (Wildman–Crippen LogP) is 35.0. The normalized spacial score (nSPS) is 12.8. The maximum atomic E-state index is 5.09. The third kappa shape index (κ3) is 16.0. The fraction of sp³-hybridized carbons (Fsp3) is 0.0576. The summed E-state index contributed by atoms with van der Waals surface area (Å²) in [5, 5.41) is 12.0. The molecule has 0 radical (unpaired) electrons. The number of rotatable bonds is 14. The van der Waals surface area contributed by atoms with Crippen molar-refractivity contribution >= 4 is 53.9 Å². The van der Waals surface area contributed by atoms with Crippen molar-refractivity contribution in [2.75, 3.05) is 0 Å². The van der Waals surface area contributed by atoms with E-state index in [4.69, 9.17) is 44.9 Å². The molecule has 0 unspecified atom stereocenters. The van der Waals surface area contributed by atoms with Crippen molar-refractivity contribution in [2.45, 2.75) is 51.4 Å². The Morgan fingerprint density at radius 3 is 0.946 bits per heavy atom. The third-order valence-electron chi connectivity index (χ3n) is 30.0. The summed E-state index contributed by atoms with van der Waals surface area (Å²) in [5.41, 5.74) is 33.7. The Balaban J connectivity index is 0.000000115. The largest absolute Gasteiger partial charge is 0.208 e. The van der Waals surface area contributed by atoms with Crippen LogP contribution < -0.4 is 0 Å². The quantitative estimate of drug-likeness (QED) is 0.105. The van der Waals surface area contributed by atoms with Crippen molar-refractivity contribution in [3.05, 3.63) is 548 Å². The molecule has 3 heterocycles. The summed E-state index contributed by atoms with van der Waals surface area (Å²) >= 11 is 0. The molecule has 28 rings (SSSR count). The average Bonchev–Trinajstić information content (AvgIpc) is 1.52. The van der Waals surface area contributed by atoms with Crippen molar-refractivity contribution < 1.29 is 0 Å². The number of benzene rings is 22. The zero-order chi connectivity index (χ0) is 98.3. The van der Waals surface area contributed by atoms with Gasteiger partial charge in [0.05, 0.1) is 5.41 Å². The van der Waals surface area contributed by atoms with Crippen molar-refractivity contribution in [3.8, 4) is 169 Å². The van der Waals surface area contributed by atoms with Gasteiger partial charge in [0, 0.05) is 60.9 Å². The van der Waals surface area contributed by atoms with E-state index in [0.717, 1.165) is 82.9 Å². The highest BCUT2D eigenvalue weighted by atomic mass is 15.1. The van der Waals surface area contributed by atoms with Gasteiger partial charge >= 0.3 is 0 Å². The highest BCUT2D eigenvalue weighted by Gasteiger charge is 2.47. The molecule has 22 aromatic carbocycles. The number of nitrogens with zero attached hydrogens (tertiary/aromatic N) is 9. The maximum absolute atomic E-state index is 5.09. The van der Waals surface area contributed by atoms with E-state index in [2.05, 4.69) is 349 Å². The fourth-order valence-corrected chi connectivity index (χ4v) is 22.8. The second kappa shape index (κ2) is 37.5. The molecular formula is C139H99N9. The van der Waals surface area contributed by atoms with Gasteiger partial charge in [0.2, 0.25) is 0 Å². The van der Waals surface area contributed by atoms with E-state index in [1.165, 1.54) is 132 Å². The maximum Gasteiger partial charge on any atom is 0.164 e. The Morgan fingerprint density at radius 2 is 0.446 bits per heavy atom. The van der Waals surface area contributed by atoms with Gasteiger partial charge in [-0.15, -0.1) is 0 Å². The minimum absolute atomic E-state index is 0. The van der Waals surface area contributed by atoms with Crippen LogP contribution in [0.5, 0.6) is 0 Å². The van der Waals surface area contributed by atoms with Crippen LogP contribution >= 0.6 is 0 Å². The number of hydrogen-bond acceptors (Lipinski definition) is 9. The monoisotopic (exact) mass is 1890 g/mol. The van der Waals surface area contributed by atoms with E-state index in [-0.39, 0.29) is 18.3 Å². The van der Waals surface area contributed by atoms with Gasteiger partial charge in [-0.2, -0.15) is 0 Å². The van der Waals surface area contributed by atoms with Crippen molar-refractivity contribution in [1.82, 2.24) is 44.9 Å². The molecule has 3 aromatic heterocycles. The van der Waals surface area contributed by atoms with Crippen LogP contribution in [0.3, 0.4) is 0 Å². The van der Waals surface area contributed by atoms with Gasteiger partial charge in [0.25, 0.3) is 0 Å². The lowest BCUT2D eigenvalue weighted by molar-refractivity contribution is 0.661. The lowest BCUT2D eigenvalue weighted by Gasteiger charge is -2.34. The molecule has 9 heteroatoms. The molecule has 0 spiro atoms. The molecule has 0 amide bonds. The zero-order valence-electron chi connectivity index (χ0n) is 81.4. The molecule has 9 nitrogen and oxygen atoms in total. The van der Waals surface area contributed by atoms with Gasteiger partial charge in [-0.3, -0.25) is 0 Å². The highest BCUT2D eigenvalue weighted by molar-refractivity contribution is 6.12. The number of hydrogen-bond donors (Lipinski definition) is 0. The van der Waals surface area contributed by atoms with Crippen LogP contribution in [0.25, 0.3) is 223 Å². The van der Waals surface area contributed by atoms with Gasteiger partial charge in [0.15, 0.2) is 52.4 Å². The molecule has 0 bridgehead atoms. The minimum atomic E-state index is -0.468. The smallest absolute Gasteiger partial charge is 0.164 e. The van der Waals surface area contributed by atoms with Crippen LogP contribution in [0.1, 0.15) is 79.6 Å². The Hall–Kier alpha value is -18.8. The van der Waals surface area contributed by atoms with Gasteiger partial charge in [-0.25, -0.2) is 44.9 Å². The van der Waals surface area contributed by atoms with Gasteiger partial charge in [-0.05, 0) is 232 Å². The summed E-state index contributed by atoms with van der Waals surface area (Å²) in [5.74, 6) is 5.91. The van der Waals surface area contributed by atoms with E-state index in [9.17, 15) is 0 Å². The van der Waals surface area contributed by atoms with Crippen LogP contribution in [0, 0.1) is 0 Å². The molecule has 700 valence electrons. The summed E-state index contributed by atoms with van der Waals surface area (Å²) in [4.78, 5) is 45.1. The second-order valence-corrected chi connectivity index (χ2v) is 39.3. The van der Waals surface area contributed by atoms with Gasteiger partial charge < -0.3 is 0 Å². The number of fused-ring (bicyclic) bond motifs is 14. The van der Waals surface area contributed by atoms with Gasteiger partial charge in [0.1, 0.15) is 0 Å². The molecule has 25 aromatic rings. The van der Waals surface area contributed by atoms with Crippen LogP contribution in [0.15, 0.2) is 504 Å². The zero-order valence-corrected chi connectivity index (χ0v) is 81.4. The van der Waals surface area contributed by atoms with Crippen molar-refractivity contribution in [3.63, 3.8) is 0 Å². The van der Waals surface area contributed by atoms with Crippen LogP contribution in [-0.4, -0.2) is 44.9 Å². The first kappa shape index (κ1) is 90.4. The lowest BCUT2D eigenvalue weighted by atomic mass is 9.67. The third-order valence-corrected chi connectivity index (χ3v) is 30.0. The topological polar surface area (TPSA) is 116 Å². The Labute approximate surface area is 861 Å². The first-order valence-corrected chi connectivity index (χ1v) is 50.3. The Morgan fingerprint density at radius 1 is 0.135 bits per heavy atom. The molecule has 3 aliphatic rings. The van der Waals surface area contributed by atoms with E-state index in [0.29, 0.717) is 52.4 Å². The molecule has 0 fully saturated rings.